The molecule has 0 aliphatic rings. The summed E-state index contributed by atoms with van der Waals surface area (Å²) in [6, 6.07) is 5.37. The third-order valence-electron chi connectivity index (χ3n) is 2.58. The average Bonchev–Trinajstić information content (AvgIpc) is 2.89. The Hall–Kier alpha value is -1.66. The van der Waals surface area contributed by atoms with Gasteiger partial charge in [0.1, 0.15) is 0 Å². The standard InChI is InChI=1S/C13H15ClN4OS/c1-3-6-15-13-18-17-12(20-13)11(19)16-9-5-4-8(2)10(14)7-9/h4-5,7H,3,6H2,1-2H3,(H,15,18)(H,16,19). The van der Waals surface area contributed by atoms with E-state index in [1.54, 1.807) is 12.1 Å². The Morgan fingerprint density at radius 1 is 1.40 bits per heavy atom. The highest BCUT2D eigenvalue weighted by Gasteiger charge is 2.13. The van der Waals surface area contributed by atoms with E-state index in [-0.39, 0.29) is 5.91 Å². The number of amides is 1. The summed E-state index contributed by atoms with van der Waals surface area (Å²) in [7, 11) is 0. The number of nitrogens with zero attached hydrogens (tertiary/aromatic N) is 2. The van der Waals surface area contributed by atoms with Crippen molar-refractivity contribution in [3.05, 3.63) is 33.8 Å². The average molecular weight is 311 g/mol. The summed E-state index contributed by atoms with van der Waals surface area (Å²) < 4.78 is 0. The van der Waals surface area contributed by atoms with Crippen molar-refractivity contribution >= 4 is 39.7 Å². The molecule has 1 aromatic heterocycles. The van der Waals surface area contributed by atoms with Crippen molar-refractivity contribution in [2.75, 3.05) is 17.2 Å². The first-order valence-corrected chi connectivity index (χ1v) is 7.44. The number of halogens is 1. The predicted molar refractivity (Wildman–Crippen MR) is 82.8 cm³/mol. The number of carbonyl (C=O) groups excluding carboxylic acids is 1. The Morgan fingerprint density at radius 2 is 2.20 bits per heavy atom. The van der Waals surface area contributed by atoms with Crippen LogP contribution in [0.2, 0.25) is 5.02 Å². The molecule has 0 fully saturated rings. The molecule has 1 aromatic carbocycles. The fourth-order valence-corrected chi connectivity index (χ4v) is 2.32. The van der Waals surface area contributed by atoms with Crippen LogP contribution in [-0.2, 0) is 0 Å². The third kappa shape index (κ3) is 3.68. The zero-order chi connectivity index (χ0) is 14.5. The van der Waals surface area contributed by atoms with E-state index >= 15 is 0 Å². The first-order chi connectivity index (χ1) is 9.60. The van der Waals surface area contributed by atoms with Crippen LogP contribution in [0.5, 0.6) is 0 Å². The van der Waals surface area contributed by atoms with Crippen molar-refractivity contribution in [3.8, 4) is 0 Å². The van der Waals surface area contributed by atoms with Crippen LogP contribution >= 0.6 is 22.9 Å². The topological polar surface area (TPSA) is 66.9 Å². The van der Waals surface area contributed by atoms with Gasteiger partial charge in [0.15, 0.2) is 0 Å². The van der Waals surface area contributed by atoms with Gasteiger partial charge in [-0.2, -0.15) is 0 Å². The van der Waals surface area contributed by atoms with E-state index < -0.39 is 0 Å². The van der Waals surface area contributed by atoms with Gasteiger partial charge in [-0.1, -0.05) is 35.9 Å². The quantitative estimate of drug-likeness (QED) is 0.886. The van der Waals surface area contributed by atoms with Crippen LogP contribution in [-0.4, -0.2) is 22.6 Å². The van der Waals surface area contributed by atoms with E-state index in [0.717, 1.165) is 18.5 Å². The molecule has 7 heteroatoms. The summed E-state index contributed by atoms with van der Waals surface area (Å²) in [5.41, 5.74) is 1.61. The second kappa shape index (κ2) is 6.67. The zero-order valence-corrected chi connectivity index (χ0v) is 12.8. The summed E-state index contributed by atoms with van der Waals surface area (Å²) in [5.74, 6) is -0.285. The van der Waals surface area contributed by atoms with Crippen molar-refractivity contribution in [2.24, 2.45) is 0 Å². The fourth-order valence-electron chi connectivity index (χ4n) is 1.47. The number of hydrogen-bond acceptors (Lipinski definition) is 5. The Bertz CT molecular complexity index is 614. The molecule has 0 bridgehead atoms. The number of carbonyl (C=O) groups is 1. The van der Waals surface area contributed by atoms with Crippen molar-refractivity contribution in [1.29, 1.82) is 0 Å². The van der Waals surface area contributed by atoms with E-state index in [2.05, 4.69) is 27.8 Å². The predicted octanol–water partition coefficient (Wildman–Crippen LogP) is 3.57. The Morgan fingerprint density at radius 3 is 2.90 bits per heavy atom. The van der Waals surface area contributed by atoms with E-state index in [4.69, 9.17) is 11.6 Å². The van der Waals surface area contributed by atoms with Gasteiger partial charge < -0.3 is 10.6 Å². The molecule has 0 saturated heterocycles. The lowest BCUT2D eigenvalue weighted by atomic mass is 10.2. The maximum Gasteiger partial charge on any atom is 0.286 e. The summed E-state index contributed by atoms with van der Waals surface area (Å²) in [5, 5.41) is 15.2. The van der Waals surface area contributed by atoms with Gasteiger partial charge in [-0.05, 0) is 31.0 Å². The Balaban J connectivity index is 2.03. The van der Waals surface area contributed by atoms with Crippen LogP contribution in [0.15, 0.2) is 18.2 Å². The number of benzene rings is 1. The smallest absolute Gasteiger partial charge is 0.286 e. The lowest BCUT2D eigenvalue weighted by Crippen LogP contribution is -2.11. The van der Waals surface area contributed by atoms with Crippen LogP contribution in [0.3, 0.4) is 0 Å². The number of aryl methyl sites for hydroxylation is 1. The maximum absolute atomic E-state index is 12.0. The molecular formula is C13H15ClN4OS. The van der Waals surface area contributed by atoms with E-state index in [1.807, 2.05) is 13.0 Å². The molecule has 2 aromatic rings. The molecule has 2 rings (SSSR count). The lowest BCUT2D eigenvalue weighted by Gasteiger charge is -2.04. The molecule has 0 radical (unpaired) electrons. The van der Waals surface area contributed by atoms with Crippen LogP contribution in [0, 0.1) is 6.92 Å². The minimum Gasteiger partial charge on any atom is -0.360 e. The monoisotopic (exact) mass is 310 g/mol. The molecule has 0 atom stereocenters. The van der Waals surface area contributed by atoms with Gasteiger partial charge in [0.05, 0.1) is 0 Å². The van der Waals surface area contributed by atoms with Crippen LogP contribution in [0.25, 0.3) is 0 Å². The molecule has 0 spiro atoms. The van der Waals surface area contributed by atoms with Crippen LogP contribution in [0.4, 0.5) is 10.8 Å². The Kier molecular flexibility index (Phi) is 4.92. The molecule has 0 saturated carbocycles. The molecule has 5 nitrogen and oxygen atoms in total. The second-order valence-electron chi connectivity index (χ2n) is 4.26. The highest BCUT2D eigenvalue weighted by Crippen LogP contribution is 2.21. The van der Waals surface area contributed by atoms with Gasteiger partial charge in [0.2, 0.25) is 10.1 Å². The van der Waals surface area contributed by atoms with Crippen molar-refractivity contribution in [3.63, 3.8) is 0 Å². The number of aromatic nitrogens is 2. The summed E-state index contributed by atoms with van der Waals surface area (Å²) in [6.07, 6.45) is 0.989. The molecule has 106 valence electrons. The Labute approximate surface area is 126 Å². The van der Waals surface area contributed by atoms with E-state index in [1.165, 1.54) is 11.3 Å². The highest BCUT2D eigenvalue weighted by molar-refractivity contribution is 7.17. The van der Waals surface area contributed by atoms with Gasteiger partial charge in [-0.3, -0.25) is 4.79 Å². The van der Waals surface area contributed by atoms with E-state index in [9.17, 15) is 4.79 Å². The molecule has 0 aliphatic carbocycles. The molecule has 2 N–H and O–H groups in total. The molecule has 20 heavy (non-hydrogen) atoms. The normalized spacial score (nSPS) is 10.3. The third-order valence-corrected chi connectivity index (χ3v) is 3.86. The second-order valence-corrected chi connectivity index (χ2v) is 5.64. The minimum absolute atomic E-state index is 0.285. The zero-order valence-electron chi connectivity index (χ0n) is 11.2. The number of anilines is 2. The molecule has 1 heterocycles. The fraction of sp³-hybridized carbons (Fsp3) is 0.308. The van der Waals surface area contributed by atoms with Gasteiger partial charge in [-0.25, -0.2) is 0 Å². The maximum atomic E-state index is 12.0. The van der Waals surface area contributed by atoms with Crippen molar-refractivity contribution < 1.29 is 4.79 Å². The number of nitrogens with one attached hydrogen (secondary N) is 2. The molecule has 1 amide bonds. The van der Waals surface area contributed by atoms with Gasteiger partial charge in [0, 0.05) is 17.3 Å². The van der Waals surface area contributed by atoms with Gasteiger partial charge >= 0.3 is 0 Å². The first-order valence-electron chi connectivity index (χ1n) is 6.25. The highest BCUT2D eigenvalue weighted by atomic mass is 35.5. The summed E-state index contributed by atoms with van der Waals surface area (Å²) in [4.78, 5) is 12.0. The molecule has 0 aliphatic heterocycles. The lowest BCUT2D eigenvalue weighted by molar-refractivity contribution is 0.102. The number of rotatable bonds is 5. The molecular weight excluding hydrogens is 296 g/mol. The largest absolute Gasteiger partial charge is 0.360 e. The van der Waals surface area contributed by atoms with Crippen molar-refractivity contribution in [1.82, 2.24) is 10.2 Å². The SMILES string of the molecule is CCCNc1nnc(C(=O)Nc2ccc(C)c(Cl)c2)s1. The summed E-state index contributed by atoms with van der Waals surface area (Å²) >= 11 is 7.25. The first kappa shape index (κ1) is 14.7. The van der Waals surface area contributed by atoms with Crippen LogP contribution in [0.1, 0.15) is 28.7 Å². The molecule has 0 unspecified atom stereocenters. The number of hydrogen-bond donors (Lipinski definition) is 2. The van der Waals surface area contributed by atoms with Crippen molar-refractivity contribution in [2.45, 2.75) is 20.3 Å². The van der Waals surface area contributed by atoms with Crippen LogP contribution < -0.4 is 10.6 Å². The summed E-state index contributed by atoms with van der Waals surface area (Å²) in [6.45, 7) is 4.77. The minimum atomic E-state index is -0.285. The van der Waals surface area contributed by atoms with E-state index in [0.29, 0.717) is 20.8 Å². The van der Waals surface area contributed by atoms with Gasteiger partial charge in [-0.15, -0.1) is 10.2 Å². The van der Waals surface area contributed by atoms with Gasteiger partial charge in [0.25, 0.3) is 5.91 Å².